The monoisotopic (exact) mass is 291 g/mol. The summed E-state index contributed by atoms with van der Waals surface area (Å²) < 4.78 is 18.7. The number of anilines is 3. The van der Waals surface area contributed by atoms with Gasteiger partial charge in [0.25, 0.3) is 0 Å². The summed E-state index contributed by atoms with van der Waals surface area (Å²) in [6.07, 6.45) is -0.0519. The van der Waals surface area contributed by atoms with E-state index in [1.54, 1.807) is 12.1 Å². The Bertz CT molecular complexity index is 606. The molecule has 0 aliphatic carbocycles. The number of hydrogen-bond donors (Lipinski definition) is 2. The Morgan fingerprint density at radius 1 is 1.19 bits per heavy atom. The molecule has 0 atom stereocenters. The van der Waals surface area contributed by atoms with Crippen molar-refractivity contribution in [2.24, 2.45) is 0 Å². The molecule has 0 saturated carbocycles. The van der Waals surface area contributed by atoms with Crippen LogP contribution in [0.4, 0.5) is 22.0 Å². The second-order valence-corrected chi connectivity index (χ2v) is 4.60. The first kappa shape index (κ1) is 15.0. The average molecular weight is 291 g/mol. The molecule has 2 rings (SSSR count). The molecule has 21 heavy (non-hydrogen) atoms. The lowest BCUT2D eigenvalue weighted by Gasteiger charge is -2.11. The highest BCUT2D eigenvalue weighted by molar-refractivity contribution is 5.54. The zero-order valence-corrected chi connectivity index (χ0v) is 12.2. The highest BCUT2D eigenvalue weighted by atomic mass is 19.1. The number of nitrogens with zero attached hydrogens (tertiary/aromatic N) is 3. The topological polar surface area (TPSA) is 72.0 Å². The molecule has 2 N–H and O–H groups in total. The van der Waals surface area contributed by atoms with Gasteiger partial charge in [0.1, 0.15) is 5.82 Å². The summed E-state index contributed by atoms with van der Waals surface area (Å²) >= 11 is 0. The first-order valence-electron chi connectivity index (χ1n) is 6.76. The third-order valence-corrected chi connectivity index (χ3v) is 2.37. The van der Waals surface area contributed by atoms with Gasteiger partial charge in [-0.3, -0.25) is 0 Å². The van der Waals surface area contributed by atoms with Crippen LogP contribution in [0.1, 0.15) is 20.8 Å². The minimum Gasteiger partial charge on any atom is -0.461 e. The fraction of sp³-hybridized carbons (Fsp3) is 0.357. The van der Waals surface area contributed by atoms with Crippen molar-refractivity contribution in [3.63, 3.8) is 0 Å². The van der Waals surface area contributed by atoms with Gasteiger partial charge in [-0.15, -0.1) is 0 Å². The Kier molecular flexibility index (Phi) is 4.86. The number of ether oxygens (including phenoxy) is 1. The van der Waals surface area contributed by atoms with Crippen molar-refractivity contribution in [3.05, 3.63) is 30.1 Å². The first-order chi connectivity index (χ1) is 10.1. The van der Waals surface area contributed by atoms with E-state index in [2.05, 4.69) is 25.6 Å². The van der Waals surface area contributed by atoms with Crippen LogP contribution in [0.3, 0.4) is 0 Å². The molecule has 0 radical (unpaired) electrons. The predicted octanol–water partition coefficient (Wildman–Crippen LogP) is 2.97. The molecule has 0 saturated heterocycles. The maximum Gasteiger partial charge on any atom is 0.323 e. The highest BCUT2D eigenvalue weighted by Gasteiger charge is 2.09. The molecule has 0 fully saturated rings. The fourth-order valence-corrected chi connectivity index (χ4v) is 1.61. The van der Waals surface area contributed by atoms with Gasteiger partial charge in [0.2, 0.25) is 11.9 Å². The molecule has 6 nitrogen and oxygen atoms in total. The molecule has 0 aliphatic heterocycles. The van der Waals surface area contributed by atoms with Gasteiger partial charge in [0.15, 0.2) is 0 Å². The van der Waals surface area contributed by atoms with Gasteiger partial charge in [-0.25, -0.2) is 4.39 Å². The minimum absolute atomic E-state index is 0.0519. The second kappa shape index (κ2) is 6.83. The van der Waals surface area contributed by atoms with Crippen molar-refractivity contribution < 1.29 is 9.13 Å². The van der Waals surface area contributed by atoms with Crippen LogP contribution < -0.4 is 15.4 Å². The number of halogens is 1. The fourth-order valence-electron chi connectivity index (χ4n) is 1.61. The molecule has 0 unspecified atom stereocenters. The largest absolute Gasteiger partial charge is 0.461 e. The lowest BCUT2D eigenvalue weighted by Crippen LogP contribution is -2.12. The number of aromatic nitrogens is 3. The van der Waals surface area contributed by atoms with Crippen LogP contribution in [0, 0.1) is 5.82 Å². The summed E-state index contributed by atoms with van der Waals surface area (Å²) in [4.78, 5) is 12.5. The maximum absolute atomic E-state index is 13.2. The van der Waals surface area contributed by atoms with E-state index in [-0.39, 0.29) is 17.9 Å². The molecule has 0 bridgehead atoms. The van der Waals surface area contributed by atoms with Crippen molar-refractivity contribution >= 4 is 17.6 Å². The third kappa shape index (κ3) is 4.55. The van der Waals surface area contributed by atoms with Crippen LogP contribution in [-0.2, 0) is 0 Å². The van der Waals surface area contributed by atoms with E-state index in [0.29, 0.717) is 24.1 Å². The maximum atomic E-state index is 13.2. The number of hydrogen-bond acceptors (Lipinski definition) is 6. The molecular formula is C14H18FN5O. The molecule has 2 aromatic rings. The molecule has 7 heteroatoms. The van der Waals surface area contributed by atoms with Crippen molar-refractivity contribution in [1.29, 1.82) is 0 Å². The molecule has 0 aliphatic rings. The van der Waals surface area contributed by atoms with Crippen molar-refractivity contribution in [1.82, 2.24) is 15.0 Å². The van der Waals surface area contributed by atoms with Gasteiger partial charge in [-0.1, -0.05) is 6.07 Å². The average Bonchev–Trinajstić information content (AvgIpc) is 2.37. The number of rotatable bonds is 6. The normalized spacial score (nSPS) is 10.5. The van der Waals surface area contributed by atoms with E-state index in [9.17, 15) is 4.39 Å². The molecular weight excluding hydrogens is 273 g/mol. The molecule has 0 spiro atoms. The second-order valence-electron chi connectivity index (χ2n) is 4.60. The van der Waals surface area contributed by atoms with Gasteiger partial charge in [0.05, 0.1) is 6.10 Å². The minimum atomic E-state index is -0.334. The Hall–Kier alpha value is -2.44. The van der Waals surface area contributed by atoms with Gasteiger partial charge in [-0.05, 0) is 39.0 Å². The quantitative estimate of drug-likeness (QED) is 0.852. The standard InChI is InChI=1S/C14H18FN5O/c1-4-16-12-18-13(20-14(19-12)21-9(2)3)17-11-7-5-6-10(15)8-11/h5-9H,4H2,1-3H3,(H2,16,17,18,19,20). The molecule has 0 amide bonds. The van der Waals surface area contributed by atoms with Crippen LogP contribution in [0.25, 0.3) is 0 Å². The van der Waals surface area contributed by atoms with E-state index in [1.807, 2.05) is 20.8 Å². The molecule has 1 aromatic carbocycles. The zero-order valence-electron chi connectivity index (χ0n) is 12.2. The summed E-state index contributed by atoms with van der Waals surface area (Å²) in [5.41, 5.74) is 0.555. The van der Waals surface area contributed by atoms with E-state index in [1.165, 1.54) is 12.1 Å². The third-order valence-electron chi connectivity index (χ3n) is 2.37. The highest BCUT2D eigenvalue weighted by Crippen LogP contribution is 2.18. The molecule has 1 heterocycles. The summed E-state index contributed by atoms with van der Waals surface area (Å²) in [6.45, 7) is 6.38. The van der Waals surface area contributed by atoms with Crippen LogP contribution in [0.2, 0.25) is 0 Å². The van der Waals surface area contributed by atoms with Crippen LogP contribution in [-0.4, -0.2) is 27.6 Å². The van der Waals surface area contributed by atoms with Gasteiger partial charge in [-0.2, -0.15) is 15.0 Å². The SMILES string of the molecule is CCNc1nc(Nc2cccc(F)c2)nc(OC(C)C)n1. The first-order valence-corrected chi connectivity index (χ1v) is 6.76. The van der Waals surface area contributed by atoms with Crippen LogP contribution in [0.15, 0.2) is 24.3 Å². The lowest BCUT2D eigenvalue weighted by atomic mass is 10.3. The Labute approximate surface area is 122 Å². The van der Waals surface area contributed by atoms with E-state index in [0.717, 1.165) is 0 Å². The van der Waals surface area contributed by atoms with E-state index < -0.39 is 0 Å². The predicted molar refractivity (Wildman–Crippen MR) is 79.4 cm³/mol. The molecule has 112 valence electrons. The smallest absolute Gasteiger partial charge is 0.323 e. The Morgan fingerprint density at radius 2 is 1.95 bits per heavy atom. The summed E-state index contributed by atoms with van der Waals surface area (Å²) in [5.74, 6) is 0.365. The van der Waals surface area contributed by atoms with Crippen molar-refractivity contribution in [2.45, 2.75) is 26.9 Å². The van der Waals surface area contributed by atoms with Crippen molar-refractivity contribution in [2.75, 3.05) is 17.2 Å². The summed E-state index contributed by atoms with van der Waals surface area (Å²) in [6, 6.07) is 6.28. The van der Waals surface area contributed by atoms with Crippen LogP contribution in [0.5, 0.6) is 6.01 Å². The molecule has 1 aromatic heterocycles. The summed E-state index contributed by atoms with van der Waals surface area (Å²) in [5, 5.41) is 5.94. The Balaban J connectivity index is 2.26. The number of benzene rings is 1. The lowest BCUT2D eigenvalue weighted by molar-refractivity contribution is 0.222. The van der Waals surface area contributed by atoms with Crippen LogP contribution >= 0.6 is 0 Å². The van der Waals surface area contributed by atoms with Crippen molar-refractivity contribution in [3.8, 4) is 6.01 Å². The number of nitrogens with one attached hydrogen (secondary N) is 2. The van der Waals surface area contributed by atoms with Gasteiger partial charge >= 0.3 is 6.01 Å². The van der Waals surface area contributed by atoms with Gasteiger partial charge in [0, 0.05) is 12.2 Å². The van der Waals surface area contributed by atoms with E-state index >= 15 is 0 Å². The summed E-state index contributed by atoms with van der Waals surface area (Å²) in [7, 11) is 0. The van der Waals surface area contributed by atoms with E-state index in [4.69, 9.17) is 4.74 Å². The zero-order chi connectivity index (χ0) is 15.2. The van der Waals surface area contributed by atoms with Gasteiger partial charge < -0.3 is 15.4 Å². The Morgan fingerprint density at radius 3 is 2.62 bits per heavy atom.